The number of hydrogen-bond acceptors (Lipinski definition) is 3. The topological polar surface area (TPSA) is 76.4 Å². The lowest BCUT2D eigenvalue weighted by Gasteiger charge is -2.15. The number of hydrogen-bond donors (Lipinski definition) is 3. The predicted molar refractivity (Wildman–Crippen MR) is 72.0 cm³/mol. The van der Waals surface area contributed by atoms with Crippen molar-refractivity contribution in [2.75, 3.05) is 19.0 Å². The number of benzene rings is 1. The molecule has 2 amide bonds. The van der Waals surface area contributed by atoms with Crippen molar-refractivity contribution >= 4 is 28.9 Å². The van der Waals surface area contributed by atoms with Gasteiger partial charge in [-0.2, -0.15) is 13.2 Å². The Bertz CT molecular complexity index is 520. The first-order valence-electron chi connectivity index (χ1n) is 5.33. The average molecular weight is 307 g/mol. The van der Waals surface area contributed by atoms with E-state index in [4.69, 9.17) is 22.7 Å². The minimum atomic E-state index is -4.50. The summed E-state index contributed by atoms with van der Waals surface area (Å²) in [6, 6.07) is 3.58. The van der Waals surface area contributed by atoms with E-state index < -0.39 is 18.8 Å². The van der Waals surface area contributed by atoms with Gasteiger partial charge in [0.1, 0.15) is 17.3 Å². The lowest BCUT2D eigenvalue weighted by atomic mass is 10.1. The Morgan fingerprint density at radius 2 is 2.10 bits per heavy atom. The van der Waals surface area contributed by atoms with Gasteiger partial charge in [0.15, 0.2) is 0 Å². The van der Waals surface area contributed by atoms with Gasteiger partial charge in [-0.25, -0.2) is 4.79 Å². The summed E-state index contributed by atoms with van der Waals surface area (Å²) < 4.78 is 41.0. The number of amides is 2. The van der Waals surface area contributed by atoms with E-state index in [9.17, 15) is 18.0 Å². The van der Waals surface area contributed by atoms with E-state index in [2.05, 4.69) is 5.32 Å². The highest BCUT2D eigenvalue weighted by atomic mass is 32.1. The summed E-state index contributed by atoms with van der Waals surface area (Å²) in [7, 11) is 1.34. The van der Waals surface area contributed by atoms with Gasteiger partial charge < -0.3 is 21.1 Å². The summed E-state index contributed by atoms with van der Waals surface area (Å²) in [5, 5.41) is 3.92. The van der Waals surface area contributed by atoms with E-state index in [1.807, 2.05) is 0 Å². The van der Waals surface area contributed by atoms with Crippen molar-refractivity contribution in [1.29, 1.82) is 0 Å². The molecule has 0 saturated carbocycles. The van der Waals surface area contributed by atoms with Crippen LogP contribution >= 0.6 is 12.2 Å². The summed E-state index contributed by atoms with van der Waals surface area (Å²) in [5.41, 5.74) is 5.89. The van der Waals surface area contributed by atoms with Crippen LogP contribution in [0.1, 0.15) is 5.56 Å². The maximum Gasteiger partial charge on any atom is 0.405 e. The molecule has 5 nitrogen and oxygen atoms in total. The molecule has 0 aromatic heterocycles. The molecule has 9 heteroatoms. The third kappa shape index (κ3) is 4.57. The highest BCUT2D eigenvalue weighted by Crippen LogP contribution is 2.28. The van der Waals surface area contributed by atoms with Crippen LogP contribution in [0.2, 0.25) is 0 Å². The first-order valence-corrected chi connectivity index (χ1v) is 5.74. The Kier molecular flexibility index (Phi) is 5.14. The predicted octanol–water partition coefficient (Wildman–Crippen LogP) is 2.01. The van der Waals surface area contributed by atoms with Gasteiger partial charge >= 0.3 is 12.2 Å². The Morgan fingerprint density at radius 1 is 1.45 bits per heavy atom. The molecular formula is C11H12F3N3O2S. The van der Waals surface area contributed by atoms with E-state index in [0.29, 0.717) is 5.56 Å². The maximum atomic E-state index is 12.0. The van der Waals surface area contributed by atoms with Crippen LogP contribution in [-0.4, -0.2) is 30.9 Å². The van der Waals surface area contributed by atoms with E-state index in [-0.39, 0.29) is 16.4 Å². The smallest absolute Gasteiger partial charge is 0.405 e. The molecule has 4 N–H and O–H groups in total. The molecule has 0 unspecified atom stereocenters. The molecule has 1 aromatic rings. The average Bonchev–Trinajstić information content (AvgIpc) is 2.35. The van der Waals surface area contributed by atoms with Gasteiger partial charge in [0, 0.05) is 5.56 Å². The first-order chi connectivity index (χ1) is 9.24. The van der Waals surface area contributed by atoms with Crippen LogP contribution in [0.15, 0.2) is 18.2 Å². The van der Waals surface area contributed by atoms with Crippen LogP contribution in [0.5, 0.6) is 5.75 Å². The molecule has 0 heterocycles. The second-order valence-corrected chi connectivity index (χ2v) is 4.11. The fourth-order valence-electron chi connectivity index (χ4n) is 1.37. The number of nitrogens with one attached hydrogen (secondary N) is 2. The van der Waals surface area contributed by atoms with Crippen molar-refractivity contribution in [3.05, 3.63) is 23.8 Å². The minimum Gasteiger partial charge on any atom is -0.495 e. The number of carbonyl (C=O) groups excluding carboxylic acids is 1. The van der Waals surface area contributed by atoms with Crippen LogP contribution in [0.4, 0.5) is 23.7 Å². The molecule has 20 heavy (non-hydrogen) atoms. The standard InChI is InChI=1S/C11H12F3N3O2S/c1-19-7-4-2-3-6(9(15)20)8(7)17-10(18)16-5-11(12,13)14/h2-4H,5H2,1H3,(H2,15,20)(H2,16,17,18). The molecule has 0 aliphatic rings. The number of nitrogens with two attached hydrogens (primary N) is 1. The van der Waals surface area contributed by atoms with Crippen molar-refractivity contribution in [3.63, 3.8) is 0 Å². The molecule has 0 aliphatic heterocycles. The quantitative estimate of drug-likeness (QED) is 0.744. The van der Waals surface area contributed by atoms with Crippen LogP contribution < -0.4 is 21.1 Å². The number of carbonyl (C=O) groups is 1. The summed E-state index contributed by atoms with van der Waals surface area (Å²) in [6.07, 6.45) is -4.50. The molecule has 110 valence electrons. The summed E-state index contributed by atoms with van der Waals surface area (Å²) >= 11 is 4.80. The zero-order chi connectivity index (χ0) is 15.3. The normalized spacial score (nSPS) is 10.8. The second kappa shape index (κ2) is 6.42. The molecule has 0 fully saturated rings. The number of methoxy groups -OCH3 is 1. The zero-order valence-electron chi connectivity index (χ0n) is 10.4. The molecule has 0 radical (unpaired) electrons. The van der Waals surface area contributed by atoms with Crippen LogP contribution in [0.3, 0.4) is 0 Å². The minimum absolute atomic E-state index is 0.0185. The monoisotopic (exact) mass is 307 g/mol. The van der Waals surface area contributed by atoms with E-state index in [1.54, 1.807) is 11.4 Å². The summed E-state index contributed by atoms with van der Waals surface area (Å²) in [5.74, 6) is 0.234. The number of alkyl halides is 3. The Labute approximate surface area is 118 Å². The molecule has 1 rings (SSSR count). The van der Waals surface area contributed by atoms with Gasteiger partial charge in [-0.3, -0.25) is 0 Å². The molecule has 1 aromatic carbocycles. The van der Waals surface area contributed by atoms with E-state index in [0.717, 1.165) is 0 Å². The Hall–Kier alpha value is -2.03. The van der Waals surface area contributed by atoms with Crippen LogP contribution in [-0.2, 0) is 0 Å². The molecule has 0 aliphatic carbocycles. The number of rotatable bonds is 4. The van der Waals surface area contributed by atoms with Gasteiger partial charge in [0.25, 0.3) is 0 Å². The van der Waals surface area contributed by atoms with Crippen molar-refractivity contribution < 1.29 is 22.7 Å². The second-order valence-electron chi connectivity index (χ2n) is 3.67. The van der Waals surface area contributed by atoms with Gasteiger partial charge in [-0.05, 0) is 12.1 Å². The van der Waals surface area contributed by atoms with E-state index >= 15 is 0 Å². The number of halogens is 3. The molecule has 0 bridgehead atoms. The molecule has 0 spiro atoms. The number of anilines is 1. The number of thiocarbonyl (C=S) groups is 1. The fraction of sp³-hybridized carbons (Fsp3) is 0.273. The summed E-state index contributed by atoms with van der Waals surface area (Å²) in [6.45, 7) is -1.45. The Morgan fingerprint density at radius 3 is 2.60 bits per heavy atom. The zero-order valence-corrected chi connectivity index (χ0v) is 11.2. The number of urea groups is 1. The number of ether oxygens (including phenoxy) is 1. The van der Waals surface area contributed by atoms with Crippen molar-refractivity contribution in [1.82, 2.24) is 5.32 Å². The lowest BCUT2D eigenvalue weighted by molar-refractivity contribution is -0.122. The van der Waals surface area contributed by atoms with Crippen LogP contribution in [0, 0.1) is 0 Å². The van der Waals surface area contributed by atoms with Crippen LogP contribution in [0.25, 0.3) is 0 Å². The van der Waals surface area contributed by atoms with E-state index in [1.165, 1.54) is 19.2 Å². The van der Waals surface area contributed by atoms with Gasteiger partial charge in [-0.15, -0.1) is 0 Å². The highest BCUT2D eigenvalue weighted by Gasteiger charge is 2.28. The molecular weight excluding hydrogens is 295 g/mol. The van der Waals surface area contributed by atoms with Crippen molar-refractivity contribution in [2.45, 2.75) is 6.18 Å². The molecule has 0 saturated heterocycles. The van der Waals surface area contributed by atoms with Crippen molar-refractivity contribution in [3.8, 4) is 5.75 Å². The maximum absolute atomic E-state index is 12.0. The largest absolute Gasteiger partial charge is 0.495 e. The molecule has 0 atom stereocenters. The number of para-hydroxylation sites is 1. The van der Waals surface area contributed by atoms with Crippen molar-refractivity contribution in [2.24, 2.45) is 5.73 Å². The fourth-order valence-corrected chi connectivity index (χ4v) is 1.54. The van der Waals surface area contributed by atoms with Gasteiger partial charge in [0.05, 0.1) is 12.8 Å². The summed E-state index contributed by atoms with van der Waals surface area (Å²) in [4.78, 5) is 11.4. The first kappa shape index (κ1) is 16.0. The Balaban J connectivity index is 2.90. The van der Waals surface area contributed by atoms with Gasteiger partial charge in [0.2, 0.25) is 0 Å². The highest BCUT2D eigenvalue weighted by molar-refractivity contribution is 7.80. The third-order valence-electron chi connectivity index (χ3n) is 2.20. The lowest BCUT2D eigenvalue weighted by Crippen LogP contribution is -2.37. The van der Waals surface area contributed by atoms with Gasteiger partial charge in [-0.1, -0.05) is 18.3 Å². The third-order valence-corrected chi connectivity index (χ3v) is 2.42. The SMILES string of the molecule is COc1cccc(C(N)=S)c1NC(=O)NCC(F)(F)F.